The second-order valence-corrected chi connectivity index (χ2v) is 8.91. The van der Waals surface area contributed by atoms with Crippen molar-refractivity contribution in [3.63, 3.8) is 0 Å². The van der Waals surface area contributed by atoms with Crippen LogP contribution in [-0.4, -0.2) is 38.7 Å². The highest BCUT2D eigenvalue weighted by atomic mass is 19.4. The van der Waals surface area contributed by atoms with E-state index in [9.17, 15) is 18.0 Å². The molecule has 1 atom stereocenters. The molecular weight excluding hydrogens is 457 g/mol. The summed E-state index contributed by atoms with van der Waals surface area (Å²) in [6.07, 6.45) is -1.66. The van der Waals surface area contributed by atoms with Gasteiger partial charge in [-0.2, -0.15) is 0 Å². The number of fused-ring (bicyclic) bond motifs is 1. The summed E-state index contributed by atoms with van der Waals surface area (Å²) in [6.45, 7) is 4.39. The number of aromatic nitrogens is 3. The number of likely N-dealkylation sites (tertiary alicyclic amines) is 1. The molecule has 0 spiro atoms. The minimum Gasteiger partial charge on any atom is -0.406 e. The van der Waals surface area contributed by atoms with Crippen molar-refractivity contribution >= 4 is 16.9 Å². The summed E-state index contributed by atoms with van der Waals surface area (Å²) in [5.41, 5.74) is 3.11. The summed E-state index contributed by atoms with van der Waals surface area (Å²) in [5.74, 6) is 0.0396. The summed E-state index contributed by atoms with van der Waals surface area (Å²) < 4.78 is 41.9. The Labute approximate surface area is 199 Å². The lowest BCUT2D eigenvalue weighted by molar-refractivity contribution is -0.274. The molecule has 1 fully saturated rings. The lowest BCUT2D eigenvalue weighted by Gasteiger charge is -2.34. The number of hydrogen-bond donors (Lipinski definition) is 1. The van der Waals surface area contributed by atoms with Gasteiger partial charge in [-0.25, -0.2) is 4.98 Å². The average Bonchev–Trinajstić information content (AvgIpc) is 3.42. The molecule has 35 heavy (non-hydrogen) atoms. The molecule has 0 unspecified atom stereocenters. The molecule has 1 N–H and O–H groups in total. The number of aryl methyl sites for hydroxylation is 1. The lowest BCUT2D eigenvalue weighted by atomic mass is 9.95. The van der Waals surface area contributed by atoms with Crippen LogP contribution in [0.15, 0.2) is 60.8 Å². The first-order valence-corrected chi connectivity index (χ1v) is 11.2. The zero-order valence-corrected chi connectivity index (χ0v) is 19.2. The molecule has 5 rings (SSSR count). The van der Waals surface area contributed by atoms with Crippen LogP contribution in [0.25, 0.3) is 22.3 Å². The number of ether oxygens (including phenoxy) is 1. The number of alkyl halides is 3. The van der Waals surface area contributed by atoms with Crippen LogP contribution in [0.3, 0.4) is 0 Å². The molecule has 3 heterocycles. The Morgan fingerprint density at radius 3 is 2.71 bits per heavy atom. The third kappa shape index (κ3) is 4.34. The number of benzene rings is 2. The van der Waals surface area contributed by atoms with E-state index in [-0.39, 0.29) is 11.7 Å². The van der Waals surface area contributed by atoms with Crippen molar-refractivity contribution in [1.82, 2.24) is 19.9 Å². The smallest absolute Gasteiger partial charge is 0.406 e. The number of imidazole rings is 1. The molecule has 1 saturated heterocycles. The van der Waals surface area contributed by atoms with Gasteiger partial charge < -0.3 is 14.6 Å². The molecule has 6 nitrogen and oxygen atoms in total. The summed E-state index contributed by atoms with van der Waals surface area (Å²) in [6, 6.07) is 15.3. The Kier molecular flexibility index (Phi) is 5.50. The van der Waals surface area contributed by atoms with Gasteiger partial charge in [-0.05, 0) is 57.0 Å². The standard InChI is InChI=1S/C26H23F3N4O2/c1-16-7-9-18(20-6-3-4-12-30-20)19(14-16)23(34)33-13-5-11-25(33,2)24-31-21-10-8-17(15-22(21)32-24)35-26(27,28)29/h3-4,6-10,12,14-15H,5,11,13H2,1-2H3,(H,31,32)/t25-/m0/s1. The highest BCUT2D eigenvalue weighted by molar-refractivity contribution is 6.01. The average molecular weight is 480 g/mol. The second-order valence-electron chi connectivity index (χ2n) is 8.91. The van der Waals surface area contributed by atoms with E-state index in [0.717, 1.165) is 17.5 Å². The molecule has 180 valence electrons. The van der Waals surface area contributed by atoms with E-state index >= 15 is 0 Å². The summed E-state index contributed by atoms with van der Waals surface area (Å²) in [4.78, 5) is 27.9. The van der Waals surface area contributed by atoms with Crippen molar-refractivity contribution in [2.45, 2.75) is 38.6 Å². The number of hydrogen-bond acceptors (Lipinski definition) is 4. The minimum absolute atomic E-state index is 0.143. The Balaban J connectivity index is 1.52. The Morgan fingerprint density at radius 2 is 1.97 bits per heavy atom. The van der Waals surface area contributed by atoms with E-state index in [1.54, 1.807) is 11.1 Å². The fourth-order valence-corrected chi connectivity index (χ4v) is 4.70. The van der Waals surface area contributed by atoms with Crippen molar-refractivity contribution in [2.75, 3.05) is 6.54 Å². The van der Waals surface area contributed by atoms with Crippen LogP contribution < -0.4 is 4.74 Å². The molecular formula is C26H23F3N4O2. The number of nitrogens with zero attached hydrogens (tertiary/aromatic N) is 3. The van der Waals surface area contributed by atoms with Gasteiger partial charge in [0, 0.05) is 29.9 Å². The summed E-state index contributed by atoms with van der Waals surface area (Å²) >= 11 is 0. The van der Waals surface area contributed by atoms with Gasteiger partial charge >= 0.3 is 6.36 Å². The number of rotatable bonds is 4. The summed E-state index contributed by atoms with van der Waals surface area (Å²) in [7, 11) is 0. The zero-order valence-electron chi connectivity index (χ0n) is 19.2. The number of amides is 1. The van der Waals surface area contributed by atoms with Gasteiger partial charge in [-0.3, -0.25) is 9.78 Å². The first-order valence-electron chi connectivity index (χ1n) is 11.2. The molecule has 0 bridgehead atoms. The number of aromatic amines is 1. The Morgan fingerprint density at radius 1 is 1.14 bits per heavy atom. The number of carbonyl (C=O) groups excluding carboxylic acids is 1. The van der Waals surface area contributed by atoms with E-state index < -0.39 is 11.9 Å². The van der Waals surface area contributed by atoms with Crippen molar-refractivity contribution in [3.8, 4) is 17.0 Å². The minimum atomic E-state index is -4.79. The highest BCUT2D eigenvalue weighted by Gasteiger charge is 2.44. The van der Waals surface area contributed by atoms with Crippen LogP contribution in [0.5, 0.6) is 5.75 Å². The van der Waals surface area contributed by atoms with Crippen LogP contribution in [0, 0.1) is 6.92 Å². The van der Waals surface area contributed by atoms with Crippen LogP contribution in [0.2, 0.25) is 0 Å². The fourth-order valence-electron chi connectivity index (χ4n) is 4.70. The maximum atomic E-state index is 13.9. The molecule has 1 aliphatic rings. The molecule has 2 aromatic carbocycles. The molecule has 0 saturated carbocycles. The highest BCUT2D eigenvalue weighted by Crippen LogP contribution is 2.40. The number of H-pyrrole nitrogens is 1. The van der Waals surface area contributed by atoms with E-state index in [4.69, 9.17) is 0 Å². The van der Waals surface area contributed by atoms with Crippen molar-refractivity contribution in [2.24, 2.45) is 0 Å². The fraction of sp³-hybridized carbons (Fsp3) is 0.269. The van der Waals surface area contributed by atoms with Gasteiger partial charge in [0.15, 0.2) is 0 Å². The number of halogens is 3. The number of nitrogens with one attached hydrogen (secondary N) is 1. The predicted molar refractivity (Wildman–Crippen MR) is 125 cm³/mol. The van der Waals surface area contributed by atoms with E-state index in [0.29, 0.717) is 41.1 Å². The monoisotopic (exact) mass is 480 g/mol. The van der Waals surface area contributed by atoms with Crippen LogP contribution in [0.1, 0.15) is 41.5 Å². The van der Waals surface area contributed by atoms with Gasteiger partial charge in [0.2, 0.25) is 0 Å². The van der Waals surface area contributed by atoms with Gasteiger partial charge in [0.1, 0.15) is 11.6 Å². The number of pyridine rings is 1. The van der Waals surface area contributed by atoms with Crippen LogP contribution in [-0.2, 0) is 5.54 Å². The van der Waals surface area contributed by atoms with Crippen molar-refractivity contribution < 1.29 is 22.7 Å². The third-order valence-corrected chi connectivity index (χ3v) is 6.43. The van der Waals surface area contributed by atoms with E-state index in [2.05, 4.69) is 19.7 Å². The third-order valence-electron chi connectivity index (χ3n) is 6.43. The van der Waals surface area contributed by atoms with Crippen molar-refractivity contribution in [1.29, 1.82) is 0 Å². The van der Waals surface area contributed by atoms with Gasteiger partial charge in [-0.15, -0.1) is 13.2 Å². The van der Waals surface area contributed by atoms with Gasteiger partial charge in [-0.1, -0.05) is 23.8 Å². The van der Waals surface area contributed by atoms with Crippen LogP contribution >= 0.6 is 0 Å². The normalized spacial score (nSPS) is 18.3. The molecule has 9 heteroatoms. The Bertz CT molecular complexity index is 1400. The first-order chi connectivity index (χ1) is 16.6. The first kappa shape index (κ1) is 22.9. The molecule has 1 aliphatic heterocycles. The molecule has 4 aromatic rings. The molecule has 2 aromatic heterocycles. The molecule has 0 radical (unpaired) electrons. The second kappa shape index (κ2) is 8.41. The van der Waals surface area contributed by atoms with E-state index in [1.165, 1.54) is 18.2 Å². The maximum Gasteiger partial charge on any atom is 0.573 e. The molecule has 0 aliphatic carbocycles. The van der Waals surface area contributed by atoms with Crippen LogP contribution in [0.4, 0.5) is 13.2 Å². The lowest BCUT2D eigenvalue weighted by Crippen LogP contribution is -2.43. The quantitative estimate of drug-likeness (QED) is 0.390. The van der Waals surface area contributed by atoms with E-state index in [1.807, 2.05) is 50.2 Å². The van der Waals surface area contributed by atoms with Gasteiger partial charge in [0.25, 0.3) is 5.91 Å². The maximum absolute atomic E-state index is 13.9. The van der Waals surface area contributed by atoms with Crippen molar-refractivity contribution in [3.05, 3.63) is 77.7 Å². The largest absolute Gasteiger partial charge is 0.573 e. The Hall–Kier alpha value is -3.88. The summed E-state index contributed by atoms with van der Waals surface area (Å²) in [5, 5.41) is 0. The zero-order chi connectivity index (χ0) is 24.8. The topological polar surface area (TPSA) is 71.1 Å². The SMILES string of the molecule is Cc1ccc(-c2ccccn2)c(C(=O)N2CCC[C@@]2(C)c2nc3cc(OC(F)(F)F)ccc3[nH]2)c1. The van der Waals surface area contributed by atoms with Gasteiger partial charge in [0.05, 0.1) is 22.3 Å². The number of carbonyl (C=O) groups is 1. The predicted octanol–water partition coefficient (Wildman–Crippen LogP) is 5.98. The molecule has 1 amide bonds.